The van der Waals surface area contributed by atoms with Gasteiger partial charge >= 0.3 is 0 Å². The van der Waals surface area contributed by atoms with E-state index in [0.717, 1.165) is 11.3 Å². The van der Waals surface area contributed by atoms with Crippen LogP contribution in [-0.2, 0) is 5.41 Å². The summed E-state index contributed by atoms with van der Waals surface area (Å²) >= 11 is 1.27. The number of hydrogen-bond donors (Lipinski definition) is 2. The van der Waals surface area contributed by atoms with Gasteiger partial charge in [0.05, 0.1) is 5.75 Å². The second-order valence-electron chi connectivity index (χ2n) is 8.72. The lowest BCUT2D eigenvalue weighted by Crippen LogP contribution is -2.10. The first-order valence-electron chi connectivity index (χ1n) is 10.5. The lowest BCUT2D eigenvalue weighted by atomic mass is 9.87. The molecule has 0 radical (unpaired) electrons. The fraction of sp³-hybridized carbons (Fsp3) is 0.192. The Hall–Kier alpha value is -3.58. The quantitative estimate of drug-likeness (QED) is 0.221. The fourth-order valence-electron chi connectivity index (χ4n) is 3.39. The first kappa shape index (κ1) is 22.6. The van der Waals surface area contributed by atoms with Crippen LogP contribution in [0.3, 0.4) is 0 Å². The van der Waals surface area contributed by atoms with E-state index >= 15 is 0 Å². The molecule has 4 aromatic rings. The minimum Gasteiger partial charge on any atom is -0.504 e. The zero-order valence-corrected chi connectivity index (χ0v) is 19.5. The van der Waals surface area contributed by atoms with Gasteiger partial charge in [-0.1, -0.05) is 75.0 Å². The third kappa shape index (κ3) is 4.93. The summed E-state index contributed by atoms with van der Waals surface area (Å²) in [6.07, 6.45) is 0. The molecule has 3 aromatic carbocycles. The Balaban J connectivity index is 1.65. The van der Waals surface area contributed by atoms with E-state index in [-0.39, 0.29) is 28.5 Å². The maximum absolute atomic E-state index is 12.7. The highest BCUT2D eigenvalue weighted by Gasteiger charge is 2.19. The predicted octanol–water partition coefficient (Wildman–Crippen LogP) is 5.62. The summed E-state index contributed by atoms with van der Waals surface area (Å²) in [7, 11) is 0. The van der Waals surface area contributed by atoms with Crippen molar-refractivity contribution in [1.82, 2.24) is 14.8 Å². The summed E-state index contributed by atoms with van der Waals surface area (Å²) in [5.74, 6) is 0.0373. The molecular weight excluding hydrogens is 434 g/mol. The van der Waals surface area contributed by atoms with Gasteiger partial charge < -0.3 is 10.2 Å². The summed E-state index contributed by atoms with van der Waals surface area (Å²) in [4.78, 5) is 12.7. The molecule has 0 aliphatic heterocycles. The van der Waals surface area contributed by atoms with Gasteiger partial charge in [0.15, 0.2) is 28.3 Å². The van der Waals surface area contributed by atoms with Crippen LogP contribution in [0.1, 0.15) is 36.7 Å². The van der Waals surface area contributed by atoms with Gasteiger partial charge in [0, 0.05) is 16.8 Å². The summed E-state index contributed by atoms with van der Waals surface area (Å²) in [6.45, 7) is 6.52. The van der Waals surface area contributed by atoms with Gasteiger partial charge in [0.1, 0.15) is 0 Å². The molecule has 2 N–H and O–H groups in total. The summed E-state index contributed by atoms with van der Waals surface area (Å²) in [6, 6.07) is 22.1. The molecule has 0 unspecified atom stereocenters. The number of aromatic hydroxyl groups is 2. The highest BCUT2D eigenvalue weighted by molar-refractivity contribution is 7.99. The summed E-state index contributed by atoms with van der Waals surface area (Å²) in [5.41, 5.74) is 3.43. The number of carbonyl (C=O) groups is 1. The van der Waals surface area contributed by atoms with Crippen LogP contribution in [0.2, 0.25) is 0 Å². The zero-order chi connectivity index (χ0) is 23.6. The number of para-hydroxylation sites is 1. The molecule has 6 nitrogen and oxygen atoms in total. The molecule has 0 spiro atoms. The SMILES string of the molecule is CC(C)(C)c1ccc(-c2nnc(SCC(=O)c3ccc(O)c(O)c3)n2-c2ccccc2)cc1. The first-order valence-corrected chi connectivity index (χ1v) is 11.5. The number of aromatic nitrogens is 3. The van der Waals surface area contributed by atoms with E-state index in [0.29, 0.717) is 16.5 Å². The minimum absolute atomic E-state index is 0.0513. The Kier molecular flexibility index (Phi) is 6.24. The summed E-state index contributed by atoms with van der Waals surface area (Å²) < 4.78 is 1.94. The number of hydrogen-bond acceptors (Lipinski definition) is 6. The molecule has 0 bridgehead atoms. The maximum Gasteiger partial charge on any atom is 0.196 e. The average Bonchev–Trinajstić information content (AvgIpc) is 3.23. The number of thioether (sulfide) groups is 1. The number of ketones is 1. The highest BCUT2D eigenvalue weighted by atomic mass is 32.2. The largest absolute Gasteiger partial charge is 0.504 e. The van der Waals surface area contributed by atoms with Crippen molar-refractivity contribution in [3.05, 3.63) is 83.9 Å². The number of Topliss-reactive ketones (excluding diaryl/α,β-unsaturated/α-hetero) is 1. The van der Waals surface area contributed by atoms with Gasteiger partial charge in [-0.05, 0) is 41.3 Å². The number of rotatable bonds is 6. The Labute approximate surface area is 196 Å². The summed E-state index contributed by atoms with van der Waals surface area (Å²) in [5, 5.41) is 28.6. The van der Waals surface area contributed by atoms with Gasteiger partial charge in [-0.3, -0.25) is 9.36 Å². The average molecular weight is 460 g/mol. The van der Waals surface area contributed by atoms with E-state index in [1.165, 1.54) is 35.5 Å². The number of benzene rings is 3. The van der Waals surface area contributed by atoms with Crippen molar-refractivity contribution >= 4 is 17.5 Å². The van der Waals surface area contributed by atoms with Crippen LogP contribution in [0.25, 0.3) is 17.1 Å². The Morgan fingerprint density at radius 3 is 2.24 bits per heavy atom. The van der Waals surface area contributed by atoms with Crippen molar-refractivity contribution in [2.75, 3.05) is 5.75 Å². The highest BCUT2D eigenvalue weighted by Crippen LogP contribution is 2.31. The molecular formula is C26H25N3O3S. The van der Waals surface area contributed by atoms with Gasteiger partial charge in [0.25, 0.3) is 0 Å². The smallest absolute Gasteiger partial charge is 0.196 e. The van der Waals surface area contributed by atoms with Gasteiger partial charge in [-0.15, -0.1) is 10.2 Å². The minimum atomic E-state index is -0.320. The van der Waals surface area contributed by atoms with Gasteiger partial charge in [-0.25, -0.2) is 0 Å². The van der Waals surface area contributed by atoms with Crippen LogP contribution in [-0.4, -0.2) is 36.5 Å². The van der Waals surface area contributed by atoms with E-state index in [4.69, 9.17) is 0 Å². The first-order chi connectivity index (χ1) is 15.7. The predicted molar refractivity (Wildman–Crippen MR) is 130 cm³/mol. The second-order valence-corrected chi connectivity index (χ2v) is 9.66. The molecule has 1 heterocycles. The molecule has 0 saturated carbocycles. The van der Waals surface area contributed by atoms with Gasteiger partial charge in [0.2, 0.25) is 0 Å². The molecule has 0 aliphatic carbocycles. The van der Waals surface area contributed by atoms with E-state index in [2.05, 4.69) is 43.1 Å². The van der Waals surface area contributed by atoms with Crippen LogP contribution in [0, 0.1) is 0 Å². The van der Waals surface area contributed by atoms with Crippen LogP contribution in [0.4, 0.5) is 0 Å². The lowest BCUT2D eigenvalue weighted by Gasteiger charge is -2.19. The van der Waals surface area contributed by atoms with E-state index in [1.54, 1.807) is 0 Å². The topological polar surface area (TPSA) is 88.2 Å². The Morgan fingerprint density at radius 2 is 1.61 bits per heavy atom. The van der Waals surface area contributed by atoms with Gasteiger partial charge in [-0.2, -0.15) is 0 Å². The number of phenols is 2. The van der Waals surface area contributed by atoms with Crippen molar-refractivity contribution in [2.24, 2.45) is 0 Å². The van der Waals surface area contributed by atoms with Crippen molar-refractivity contribution in [1.29, 1.82) is 0 Å². The van der Waals surface area contributed by atoms with Crippen molar-refractivity contribution < 1.29 is 15.0 Å². The fourth-order valence-corrected chi connectivity index (χ4v) is 4.24. The number of phenolic OH excluding ortho intramolecular Hbond substituents is 2. The Bertz CT molecular complexity index is 1280. The number of carbonyl (C=O) groups excluding carboxylic acids is 1. The van der Waals surface area contributed by atoms with Crippen LogP contribution >= 0.6 is 11.8 Å². The molecule has 7 heteroatoms. The molecule has 0 amide bonds. The van der Waals surface area contributed by atoms with Crippen LogP contribution in [0.15, 0.2) is 78.0 Å². The molecule has 0 atom stereocenters. The van der Waals surface area contributed by atoms with E-state index < -0.39 is 0 Å². The van der Waals surface area contributed by atoms with Crippen LogP contribution < -0.4 is 0 Å². The third-order valence-corrected chi connectivity index (χ3v) is 6.22. The van der Waals surface area contributed by atoms with Crippen molar-refractivity contribution in [3.8, 4) is 28.6 Å². The molecule has 0 fully saturated rings. The molecule has 0 aliphatic rings. The molecule has 168 valence electrons. The standard InChI is InChI=1S/C26H25N3O3S/c1-26(2,3)19-12-9-17(10-13-19)24-27-28-25(29(24)20-7-5-4-6-8-20)33-16-23(32)18-11-14-21(30)22(31)15-18/h4-15,30-31H,16H2,1-3H3. The monoisotopic (exact) mass is 459 g/mol. The van der Waals surface area contributed by atoms with E-state index in [1.807, 2.05) is 47.0 Å². The molecule has 4 rings (SSSR count). The van der Waals surface area contributed by atoms with E-state index in [9.17, 15) is 15.0 Å². The van der Waals surface area contributed by atoms with Crippen LogP contribution in [0.5, 0.6) is 11.5 Å². The maximum atomic E-state index is 12.7. The molecule has 0 saturated heterocycles. The third-order valence-electron chi connectivity index (χ3n) is 5.29. The Morgan fingerprint density at radius 1 is 0.909 bits per heavy atom. The molecule has 1 aromatic heterocycles. The lowest BCUT2D eigenvalue weighted by molar-refractivity contribution is 0.102. The van der Waals surface area contributed by atoms with Crippen molar-refractivity contribution in [3.63, 3.8) is 0 Å². The zero-order valence-electron chi connectivity index (χ0n) is 18.7. The normalized spacial score (nSPS) is 11.5. The second kappa shape index (κ2) is 9.11. The molecule has 33 heavy (non-hydrogen) atoms. The number of nitrogens with zero attached hydrogens (tertiary/aromatic N) is 3. The van der Waals surface area contributed by atoms with Crippen molar-refractivity contribution in [2.45, 2.75) is 31.3 Å².